The largest absolute Gasteiger partial charge is 0.481 e. The molecule has 1 rings (SSSR count). The zero-order chi connectivity index (χ0) is 13.8. The molecule has 0 aliphatic heterocycles. The van der Waals surface area contributed by atoms with Gasteiger partial charge in [-0.2, -0.15) is 0 Å². The molecule has 1 aromatic rings. The zero-order valence-corrected chi connectivity index (χ0v) is 10.5. The molecule has 1 aromatic carbocycles. The van der Waals surface area contributed by atoms with Crippen LogP contribution in [0.4, 0.5) is 5.69 Å². The third-order valence-electron chi connectivity index (χ3n) is 2.50. The number of carboxylic acid groups (broad SMARTS) is 1. The van der Waals surface area contributed by atoms with Gasteiger partial charge in [0, 0.05) is 5.69 Å². The number of nitrogen functional groups attached to an aromatic ring is 1. The topological polar surface area (TPSA) is 89.6 Å². The second kappa shape index (κ2) is 5.53. The molecule has 3 N–H and O–H groups in total. The molecule has 0 saturated carbocycles. The molecule has 0 amide bonds. The van der Waals surface area contributed by atoms with E-state index in [0.717, 1.165) is 5.56 Å². The van der Waals surface area contributed by atoms with Crippen LogP contribution < -0.4 is 5.73 Å². The predicted octanol–water partition coefficient (Wildman–Crippen LogP) is 1.47. The number of hydrogen-bond donors (Lipinski definition) is 2. The Morgan fingerprint density at radius 1 is 1.28 bits per heavy atom. The Morgan fingerprint density at radius 2 is 1.83 bits per heavy atom. The molecule has 98 valence electrons. The first kappa shape index (κ1) is 14.0. The summed E-state index contributed by atoms with van der Waals surface area (Å²) >= 11 is 0. The van der Waals surface area contributed by atoms with Gasteiger partial charge in [0.05, 0.1) is 11.8 Å². The van der Waals surface area contributed by atoms with Crippen LogP contribution in [0.1, 0.15) is 19.4 Å². The van der Waals surface area contributed by atoms with Crippen molar-refractivity contribution in [3.8, 4) is 0 Å². The average Bonchev–Trinajstić information content (AvgIpc) is 2.29. The quantitative estimate of drug-likeness (QED) is 0.611. The number of rotatable bonds is 5. The maximum Gasteiger partial charge on any atom is 0.312 e. The van der Waals surface area contributed by atoms with Crippen molar-refractivity contribution < 1.29 is 19.4 Å². The molecular weight excluding hydrogens is 234 g/mol. The summed E-state index contributed by atoms with van der Waals surface area (Å²) in [5.74, 6) is -1.45. The van der Waals surface area contributed by atoms with E-state index in [-0.39, 0.29) is 13.0 Å². The molecule has 0 fully saturated rings. The number of hydrogen-bond acceptors (Lipinski definition) is 4. The molecular formula is C13H17NO4. The van der Waals surface area contributed by atoms with Crippen LogP contribution in [0.25, 0.3) is 0 Å². The Kier molecular flexibility index (Phi) is 4.31. The number of aliphatic carboxylic acids is 1. The Labute approximate surface area is 106 Å². The summed E-state index contributed by atoms with van der Waals surface area (Å²) in [7, 11) is 0. The molecule has 5 nitrogen and oxygen atoms in total. The molecule has 5 heteroatoms. The van der Waals surface area contributed by atoms with Gasteiger partial charge in [0.1, 0.15) is 6.61 Å². The summed E-state index contributed by atoms with van der Waals surface area (Å²) in [6, 6.07) is 6.87. The van der Waals surface area contributed by atoms with Crippen molar-refractivity contribution in [2.45, 2.75) is 20.3 Å². The third-order valence-corrected chi connectivity index (χ3v) is 2.50. The van der Waals surface area contributed by atoms with Crippen molar-refractivity contribution in [1.29, 1.82) is 0 Å². The van der Waals surface area contributed by atoms with Gasteiger partial charge in [-0.05, 0) is 31.5 Å². The maximum absolute atomic E-state index is 11.5. The van der Waals surface area contributed by atoms with Crippen LogP contribution in [0.15, 0.2) is 24.3 Å². The van der Waals surface area contributed by atoms with Crippen LogP contribution in [-0.4, -0.2) is 23.7 Å². The second-order valence-electron chi connectivity index (χ2n) is 4.77. The van der Waals surface area contributed by atoms with Crippen molar-refractivity contribution in [2.24, 2.45) is 5.41 Å². The van der Waals surface area contributed by atoms with E-state index in [1.807, 2.05) is 0 Å². The van der Waals surface area contributed by atoms with E-state index in [1.165, 1.54) is 13.8 Å². The summed E-state index contributed by atoms with van der Waals surface area (Å²) in [5, 5.41) is 8.87. The lowest BCUT2D eigenvalue weighted by Gasteiger charge is -2.18. The number of benzene rings is 1. The lowest BCUT2D eigenvalue weighted by atomic mass is 9.95. The number of ether oxygens (including phenoxy) is 1. The maximum atomic E-state index is 11.5. The van der Waals surface area contributed by atoms with Crippen molar-refractivity contribution in [1.82, 2.24) is 0 Å². The minimum Gasteiger partial charge on any atom is -0.481 e. The van der Waals surface area contributed by atoms with Crippen molar-refractivity contribution >= 4 is 17.6 Å². The van der Waals surface area contributed by atoms with Crippen LogP contribution in [0.5, 0.6) is 0 Å². The Morgan fingerprint density at radius 3 is 2.33 bits per heavy atom. The number of carbonyl (C=O) groups is 2. The van der Waals surface area contributed by atoms with Crippen LogP contribution in [-0.2, 0) is 20.7 Å². The zero-order valence-electron chi connectivity index (χ0n) is 10.5. The van der Waals surface area contributed by atoms with Gasteiger partial charge in [-0.15, -0.1) is 0 Å². The van der Waals surface area contributed by atoms with E-state index in [2.05, 4.69) is 0 Å². The van der Waals surface area contributed by atoms with E-state index in [1.54, 1.807) is 24.3 Å². The lowest BCUT2D eigenvalue weighted by molar-refractivity contribution is -0.156. The fourth-order valence-corrected chi connectivity index (χ4v) is 1.18. The summed E-state index contributed by atoms with van der Waals surface area (Å²) in [6.45, 7) is 2.87. The Balaban J connectivity index is 2.48. The van der Waals surface area contributed by atoms with Gasteiger partial charge in [0.25, 0.3) is 0 Å². The monoisotopic (exact) mass is 251 g/mol. The van der Waals surface area contributed by atoms with E-state index < -0.39 is 17.4 Å². The van der Waals surface area contributed by atoms with Gasteiger partial charge in [-0.1, -0.05) is 12.1 Å². The number of carboxylic acids is 1. The fraction of sp³-hybridized carbons (Fsp3) is 0.385. The molecule has 0 unspecified atom stereocenters. The summed E-state index contributed by atoms with van der Waals surface area (Å²) in [6.07, 6.45) is 0.107. The van der Waals surface area contributed by atoms with E-state index in [9.17, 15) is 9.59 Å². The van der Waals surface area contributed by atoms with Crippen molar-refractivity contribution in [2.75, 3.05) is 12.3 Å². The smallest absolute Gasteiger partial charge is 0.312 e. The number of carbonyl (C=O) groups excluding carboxylic acids is 1. The van der Waals surface area contributed by atoms with Crippen LogP contribution in [0, 0.1) is 5.41 Å². The highest BCUT2D eigenvalue weighted by molar-refractivity contribution is 5.76. The highest BCUT2D eigenvalue weighted by Gasteiger charge is 2.28. The first-order valence-electron chi connectivity index (χ1n) is 5.55. The van der Waals surface area contributed by atoms with Gasteiger partial charge in [-0.3, -0.25) is 9.59 Å². The fourth-order valence-electron chi connectivity index (χ4n) is 1.18. The van der Waals surface area contributed by atoms with E-state index in [0.29, 0.717) is 5.69 Å². The van der Waals surface area contributed by atoms with Gasteiger partial charge in [0.15, 0.2) is 0 Å². The van der Waals surface area contributed by atoms with Crippen molar-refractivity contribution in [3.05, 3.63) is 29.8 Å². The first-order valence-corrected chi connectivity index (χ1v) is 5.55. The molecule has 0 bridgehead atoms. The molecule has 0 radical (unpaired) electrons. The minimum atomic E-state index is -1.07. The van der Waals surface area contributed by atoms with Crippen molar-refractivity contribution in [3.63, 3.8) is 0 Å². The highest BCUT2D eigenvalue weighted by atomic mass is 16.5. The Bertz CT molecular complexity index is 437. The van der Waals surface area contributed by atoms with Gasteiger partial charge in [0.2, 0.25) is 0 Å². The van der Waals surface area contributed by atoms with E-state index >= 15 is 0 Å². The number of nitrogens with two attached hydrogens (primary N) is 1. The lowest BCUT2D eigenvalue weighted by Crippen LogP contribution is -2.30. The van der Waals surface area contributed by atoms with E-state index in [4.69, 9.17) is 15.6 Å². The third kappa shape index (κ3) is 4.08. The van der Waals surface area contributed by atoms with Gasteiger partial charge in [-0.25, -0.2) is 0 Å². The molecule has 0 heterocycles. The molecule has 0 aliphatic carbocycles. The predicted molar refractivity (Wildman–Crippen MR) is 66.9 cm³/mol. The molecule has 0 aliphatic rings. The average molecular weight is 251 g/mol. The molecule has 0 spiro atoms. The van der Waals surface area contributed by atoms with Crippen LogP contribution in [0.3, 0.4) is 0 Å². The SMILES string of the molecule is CC(C)(COC(=O)Cc1ccc(N)cc1)C(=O)O. The minimum absolute atomic E-state index is 0.107. The standard InChI is InChI=1S/C13H17NO4/c1-13(2,12(16)17)8-18-11(15)7-9-3-5-10(14)6-4-9/h3-6H,7-8,14H2,1-2H3,(H,16,17). The summed E-state index contributed by atoms with van der Waals surface area (Å²) in [4.78, 5) is 22.3. The highest BCUT2D eigenvalue weighted by Crippen LogP contribution is 2.16. The normalized spacial score (nSPS) is 11.0. The van der Waals surface area contributed by atoms with Crippen LogP contribution >= 0.6 is 0 Å². The second-order valence-corrected chi connectivity index (χ2v) is 4.77. The summed E-state index contributed by atoms with van der Waals surface area (Å²) in [5.41, 5.74) is 5.86. The summed E-state index contributed by atoms with van der Waals surface area (Å²) < 4.78 is 4.95. The Hall–Kier alpha value is -2.04. The molecule has 0 saturated heterocycles. The first-order chi connectivity index (χ1) is 8.31. The molecule has 18 heavy (non-hydrogen) atoms. The molecule has 0 aromatic heterocycles. The molecule has 0 atom stereocenters. The van der Waals surface area contributed by atoms with Gasteiger partial charge < -0.3 is 15.6 Å². The van der Waals surface area contributed by atoms with Gasteiger partial charge >= 0.3 is 11.9 Å². The number of anilines is 1. The number of esters is 1. The van der Waals surface area contributed by atoms with Crippen LogP contribution in [0.2, 0.25) is 0 Å².